The van der Waals surface area contributed by atoms with Crippen LogP contribution in [0.1, 0.15) is 30.7 Å². The molecular weight excluding hydrogens is 466 g/mol. The third-order valence-electron chi connectivity index (χ3n) is 6.67. The number of carbonyl (C=O) groups is 1. The second kappa shape index (κ2) is 10.8. The molecule has 1 aromatic heterocycles. The lowest BCUT2D eigenvalue weighted by Gasteiger charge is -2.20. The van der Waals surface area contributed by atoms with E-state index in [-0.39, 0.29) is 11.8 Å². The predicted octanol–water partition coefficient (Wildman–Crippen LogP) is 5.69. The molecule has 3 aromatic carbocycles. The maximum absolute atomic E-state index is 13.1. The van der Waals surface area contributed by atoms with Crippen LogP contribution in [-0.4, -0.2) is 42.8 Å². The molecule has 5 rings (SSSR count). The summed E-state index contributed by atoms with van der Waals surface area (Å²) in [5.74, 6) is 2.99. The van der Waals surface area contributed by atoms with Crippen molar-refractivity contribution in [3.63, 3.8) is 0 Å². The molecule has 1 aliphatic heterocycles. The van der Waals surface area contributed by atoms with E-state index in [1.165, 1.54) is 0 Å². The van der Waals surface area contributed by atoms with Crippen LogP contribution in [0.25, 0.3) is 17.1 Å². The summed E-state index contributed by atoms with van der Waals surface area (Å²) in [6.07, 6.45) is 4.40. The van der Waals surface area contributed by atoms with Gasteiger partial charge < -0.3 is 23.7 Å². The zero-order valence-corrected chi connectivity index (χ0v) is 21.4. The van der Waals surface area contributed by atoms with E-state index in [2.05, 4.69) is 10.6 Å². The molecule has 0 aliphatic carbocycles. The van der Waals surface area contributed by atoms with Gasteiger partial charge in [0.15, 0.2) is 11.5 Å². The summed E-state index contributed by atoms with van der Waals surface area (Å²) < 4.78 is 19.4. The van der Waals surface area contributed by atoms with Crippen LogP contribution >= 0.6 is 0 Å². The van der Waals surface area contributed by atoms with Gasteiger partial charge in [-0.05, 0) is 48.9 Å². The molecule has 2 heterocycles. The summed E-state index contributed by atoms with van der Waals surface area (Å²) in [7, 11) is 3.27. The smallest absolute Gasteiger partial charge is 0.227 e. The topological polar surface area (TPSA) is 65.8 Å². The molecule has 37 heavy (non-hydrogen) atoms. The number of methoxy groups -OCH3 is 2. The molecule has 4 aromatic rings. The van der Waals surface area contributed by atoms with Gasteiger partial charge in [-0.1, -0.05) is 42.5 Å². The van der Waals surface area contributed by atoms with Gasteiger partial charge in [0.1, 0.15) is 18.2 Å². The minimum Gasteiger partial charge on any atom is -0.495 e. The lowest BCUT2D eigenvalue weighted by atomic mass is 10.1. The maximum Gasteiger partial charge on any atom is 0.227 e. The summed E-state index contributed by atoms with van der Waals surface area (Å²) in [4.78, 5) is 19.8. The molecule has 7 heteroatoms. The first-order chi connectivity index (χ1) is 18.1. The number of carbonyl (C=O) groups excluding carboxylic acids is 1. The second-order valence-corrected chi connectivity index (χ2v) is 8.95. The Bertz CT molecular complexity index is 1440. The Balaban J connectivity index is 1.39. The van der Waals surface area contributed by atoms with E-state index in [0.29, 0.717) is 43.4 Å². The van der Waals surface area contributed by atoms with Crippen molar-refractivity contribution in [3.05, 3.63) is 84.2 Å². The SMILES string of the molecule is CC=Cc1ccc(OCCn2c(C3CC(=O)N(c4ccccc4OC)C3)nc3ccccc32)c(OC)c1. The van der Waals surface area contributed by atoms with Crippen molar-refractivity contribution in [1.29, 1.82) is 0 Å². The Morgan fingerprint density at radius 2 is 1.76 bits per heavy atom. The van der Waals surface area contributed by atoms with Gasteiger partial charge in [-0.25, -0.2) is 4.98 Å². The highest BCUT2D eigenvalue weighted by Gasteiger charge is 2.36. The lowest BCUT2D eigenvalue weighted by Crippen LogP contribution is -2.25. The van der Waals surface area contributed by atoms with Crippen molar-refractivity contribution in [2.45, 2.75) is 25.8 Å². The zero-order valence-electron chi connectivity index (χ0n) is 21.4. The third-order valence-corrected chi connectivity index (χ3v) is 6.67. The van der Waals surface area contributed by atoms with Crippen molar-refractivity contribution in [2.75, 3.05) is 32.3 Å². The highest BCUT2D eigenvalue weighted by Crippen LogP contribution is 2.37. The largest absolute Gasteiger partial charge is 0.495 e. The Morgan fingerprint density at radius 1 is 0.973 bits per heavy atom. The van der Waals surface area contributed by atoms with Crippen molar-refractivity contribution in [2.24, 2.45) is 0 Å². The molecule has 1 saturated heterocycles. The van der Waals surface area contributed by atoms with Gasteiger partial charge in [0, 0.05) is 18.9 Å². The van der Waals surface area contributed by atoms with E-state index in [1.807, 2.05) is 79.7 Å². The molecule has 1 aliphatic rings. The van der Waals surface area contributed by atoms with Gasteiger partial charge in [-0.15, -0.1) is 0 Å². The van der Waals surface area contributed by atoms with Crippen molar-refractivity contribution < 1.29 is 19.0 Å². The van der Waals surface area contributed by atoms with Crippen LogP contribution in [0.3, 0.4) is 0 Å². The zero-order chi connectivity index (χ0) is 25.8. The number of ether oxygens (including phenoxy) is 3. The third kappa shape index (κ3) is 4.89. The number of nitrogens with zero attached hydrogens (tertiary/aromatic N) is 3. The van der Waals surface area contributed by atoms with Gasteiger partial charge in [0.2, 0.25) is 5.91 Å². The van der Waals surface area contributed by atoms with Crippen LogP contribution < -0.4 is 19.1 Å². The molecule has 0 radical (unpaired) electrons. The standard InChI is InChI=1S/C30H31N3O4/c1-4-9-21-14-15-27(28(18-21)36-3)37-17-16-32-24-11-6-5-10-23(24)31-30(32)22-19-29(34)33(20-22)25-12-7-8-13-26(25)35-2/h4-15,18,22H,16-17,19-20H2,1-3H3. The summed E-state index contributed by atoms with van der Waals surface area (Å²) in [6, 6.07) is 21.6. The van der Waals surface area contributed by atoms with Gasteiger partial charge in [-0.3, -0.25) is 4.79 Å². The minimum absolute atomic E-state index is 0.0422. The predicted molar refractivity (Wildman–Crippen MR) is 146 cm³/mol. The van der Waals surface area contributed by atoms with E-state index in [4.69, 9.17) is 19.2 Å². The second-order valence-electron chi connectivity index (χ2n) is 8.95. The molecule has 1 fully saturated rings. The molecule has 0 bridgehead atoms. The van der Waals surface area contributed by atoms with Crippen LogP contribution in [0.4, 0.5) is 5.69 Å². The number of aromatic nitrogens is 2. The van der Waals surface area contributed by atoms with E-state index >= 15 is 0 Å². The normalized spacial score (nSPS) is 15.6. The quantitative estimate of drug-likeness (QED) is 0.297. The number of benzene rings is 3. The van der Waals surface area contributed by atoms with Crippen molar-refractivity contribution >= 4 is 28.7 Å². The number of anilines is 1. The molecule has 1 atom stereocenters. The highest BCUT2D eigenvalue weighted by molar-refractivity contribution is 5.97. The number of hydrogen-bond donors (Lipinski definition) is 0. The minimum atomic E-state index is -0.0422. The number of hydrogen-bond acceptors (Lipinski definition) is 5. The summed E-state index contributed by atoms with van der Waals surface area (Å²) in [5, 5.41) is 0. The van der Waals surface area contributed by atoms with E-state index in [1.54, 1.807) is 19.1 Å². The number of fused-ring (bicyclic) bond motifs is 1. The number of imidazole rings is 1. The molecule has 0 N–H and O–H groups in total. The monoisotopic (exact) mass is 497 g/mol. The lowest BCUT2D eigenvalue weighted by molar-refractivity contribution is -0.117. The first-order valence-corrected chi connectivity index (χ1v) is 12.4. The highest BCUT2D eigenvalue weighted by atomic mass is 16.5. The number of para-hydroxylation sites is 4. The number of allylic oxidation sites excluding steroid dienone is 1. The van der Waals surface area contributed by atoms with E-state index in [0.717, 1.165) is 28.1 Å². The Labute approximate surface area is 216 Å². The molecule has 1 unspecified atom stereocenters. The summed E-state index contributed by atoms with van der Waals surface area (Å²) in [5.41, 5.74) is 3.78. The molecule has 0 saturated carbocycles. The average molecular weight is 498 g/mol. The fraction of sp³-hybridized carbons (Fsp3) is 0.267. The van der Waals surface area contributed by atoms with Gasteiger partial charge in [-0.2, -0.15) is 0 Å². The van der Waals surface area contributed by atoms with E-state index in [9.17, 15) is 4.79 Å². The molecule has 1 amide bonds. The first-order valence-electron chi connectivity index (χ1n) is 12.4. The Morgan fingerprint density at radius 3 is 2.57 bits per heavy atom. The number of amides is 1. The van der Waals surface area contributed by atoms with Crippen molar-refractivity contribution in [1.82, 2.24) is 9.55 Å². The van der Waals surface area contributed by atoms with Gasteiger partial charge in [0.25, 0.3) is 0 Å². The van der Waals surface area contributed by atoms with E-state index < -0.39 is 0 Å². The van der Waals surface area contributed by atoms with Crippen molar-refractivity contribution in [3.8, 4) is 17.2 Å². The van der Waals surface area contributed by atoms with Crippen LogP contribution in [-0.2, 0) is 11.3 Å². The van der Waals surface area contributed by atoms with Crippen LogP contribution in [0.5, 0.6) is 17.2 Å². The average Bonchev–Trinajstić information content (AvgIpc) is 3.49. The number of rotatable bonds is 9. The van der Waals surface area contributed by atoms with Crippen LogP contribution in [0.15, 0.2) is 72.8 Å². The fourth-order valence-corrected chi connectivity index (χ4v) is 4.95. The Hall–Kier alpha value is -4.26. The molecular formula is C30H31N3O4. The van der Waals surface area contributed by atoms with Gasteiger partial charge >= 0.3 is 0 Å². The summed E-state index contributed by atoms with van der Waals surface area (Å²) >= 11 is 0. The first kappa shape index (κ1) is 24.4. The van der Waals surface area contributed by atoms with Crippen LogP contribution in [0, 0.1) is 0 Å². The molecule has 0 spiro atoms. The molecule has 7 nitrogen and oxygen atoms in total. The maximum atomic E-state index is 13.1. The van der Waals surface area contributed by atoms with Crippen LogP contribution in [0.2, 0.25) is 0 Å². The Kier molecular flexibility index (Phi) is 7.12. The molecule has 190 valence electrons. The fourth-order valence-electron chi connectivity index (χ4n) is 4.95. The summed E-state index contributed by atoms with van der Waals surface area (Å²) in [6.45, 7) is 3.56. The van der Waals surface area contributed by atoms with Gasteiger partial charge in [0.05, 0.1) is 37.5 Å².